The molecular formula is C17H26FNO. The van der Waals surface area contributed by atoms with E-state index in [1.54, 1.807) is 6.07 Å². The van der Waals surface area contributed by atoms with E-state index in [-0.39, 0.29) is 17.5 Å². The molecule has 112 valence electrons. The molecule has 2 rings (SSSR count). The Labute approximate surface area is 121 Å². The van der Waals surface area contributed by atoms with Crippen molar-refractivity contribution in [1.82, 2.24) is 0 Å². The maximum Gasteiger partial charge on any atom is 0.125 e. The van der Waals surface area contributed by atoms with E-state index in [2.05, 4.69) is 27.7 Å². The van der Waals surface area contributed by atoms with Gasteiger partial charge in [-0.3, -0.25) is 0 Å². The van der Waals surface area contributed by atoms with Gasteiger partial charge in [-0.05, 0) is 42.9 Å². The first-order valence-corrected chi connectivity index (χ1v) is 7.55. The highest BCUT2D eigenvalue weighted by Gasteiger charge is 2.40. The molecule has 1 heterocycles. The Balaban J connectivity index is 2.34. The van der Waals surface area contributed by atoms with Gasteiger partial charge in [-0.2, -0.15) is 0 Å². The Bertz CT molecular complexity index is 460. The monoisotopic (exact) mass is 279 g/mol. The molecule has 1 aromatic rings. The molecule has 2 nitrogen and oxygen atoms in total. The molecular weight excluding hydrogens is 253 g/mol. The number of ether oxygens (including phenoxy) is 1. The van der Waals surface area contributed by atoms with Gasteiger partial charge in [0.2, 0.25) is 0 Å². The Hall–Kier alpha value is -1.09. The molecule has 0 saturated heterocycles. The molecule has 1 aliphatic heterocycles. The van der Waals surface area contributed by atoms with Crippen LogP contribution in [0.5, 0.6) is 5.75 Å². The first-order valence-electron chi connectivity index (χ1n) is 7.55. The third kappa shape index (κ3) is 3.32. The first kappa shape index (κ1) is 15.3. The maximum atomic E-state index is 13.4. The fraction of sp³-hybridized carbons (Fsp3) is 0.647. The molecule has 20 heavy (non-hydrogen) atoms. The van der Waals surface area contributed by atoms with Crippen molar-refractivity contribution in [2.24, 2.45) is 17.6 Å². The van der Waals surface area contributed by atoms with Gasteiger partial charge in [0.25, 0.3) is 0 Å². The van der Waals surface area contributed by atoms with Crippen molar-refractivity contribution >= 4 is 0 Å². The lowest BCUT2D eigenvalue weighted by molar-refractivity contribution is -0.00176. The Morgan fingerprint density at radius 1 is 1.25 bits per heavy atom. The second kappa shape index (κ2) is 5.72. The summed E-state index contributed by atoms with van der Waals surface area (Å²) in [5.74, 6) is 1.60. The molecule has 2 N–H and O–H groups in total. The largest absolute Gasteiger partial charge is 0.487 e. The van der Waals surface area contributed by atoms with Crippen LogP contribution in [0.4, 0.5) is 4.39 Å². The maximum absolute atomic E-state index is 13.4. The van der Waals surface area contributed by atoms with Gasteiger partial charge in [-0.25, -0.2) is 4.39 Å². The Morgan fingerprint density at radius 3 is 2.40 bits per heavy atom. The van der Waals surface area contributed by atoms with Crippen molar-refractivity contribution in [3.63, 3.8) is 0 Å². The summed E-state index contributed by atoms with van der Waals surface area (Å²) < 4.78 is 19.7. The minimum absolute atomic E-state index is 0.146. The van der Waals surface area contributed by atoms with Crippen LogP contribution in [-0.2, 0) is 0 Å². The van der Waals surface area contributed by atoms with Crippen molar-refractivity contribution in [2.45, 2.75) is 58.6 Å². The van der Waals surface area contributed by atoms with E-state index in [0.717, 1.165) is 30.6 Å². The van der Waals surface area contributed by atoms with E-state index in [4.69, 9.17) is 10.5 Å². The summed E-state index contributed by atoms with van der Waals surface area (Å²) in [7, 11) is 0. The SMILES string of the molecule is CC(C)CC1(CC(C)C)C[C@@H](N)c2cc(F)ccc2O1. The van der Waals surface area contributed by atoms with Crippen LogP contribution in [0.25, 0.3) is 0 Å². The summed E-state index contributed by atoms with van der Waals surface area (Å²) in [4.78, 5) is 0. The number of benzene rings is 1. The molecule has 0 saturated carbocycles. The van der Waals surface area contributed by atoms with Gasteiger partial charge in [-0.15, -0.1) is 0 Å². The summed E-state index contributed by atoms with van der Waals surface area (Å²) in [6, 6.07) is 4.53. The molecule has 0 amide bonds. The molecule has 1 aromatic carbocycles. The number of fused-ring (bicyclic) bond motifs is 1. The Morgan fingerprint density at radius 2 is 1.85 bits per heavy atom. The first-order chi connectivity index (χ1) is 9.31. The van der Waals surface area contributed by atoms with Crippen molar-refractivity contribution in [1.29, 1.82) is 0 Å². The summed E-state index contributed by atoms with van der Waals surface area (Å²) >= 11 is 0. The lowest BCUT2D eigenvalue weighted by Crippen LogP contribution is -2.45. The van der Waals surface area contributed by atoms with Gasteiger partial charge in [0.1, 0.15) is 17.2 Å². The van der Waals surface area contributed by atoms with E-state index >= 15 is 0 Å². The van der Waals surface area contributed by atoms with E-state index in [1.165, 1.54) is 12.1 Å². The van der Waals surface area contributed by atoms with E-state index < -0.39 is 0 Å². The van der Waals surface area contributed by atoms with Crippen LogP contribution in [0.15, 0.2) is 18.2 Å². The third-order valence-electron chi connectivity index (χ3n) is 3.85. The van der Waals surface area contributed by atoms with E-state index in [1.807, 2.05) is 0 Å². The van der Waals surface area contributed by atoms with Crippen LogP contribution in [0, 0.1) is 17.7 Å². The zero-order valence-electron chi connectivity index (χ0n) is 12.9. The predicted octanol–water partition coefficient (Wildman–Crippen LogP) is 4.44. The van der Waals surface area contributed by atoms with Crippen molar-refractivity contribution in [3.8, 4) is 5.75 Å². The molecule has 3 heteroatoms. The lowest BCUT2D eigenvalue weighted by Gasteiger charge is -2.43. The lowest BCUT2D eigenvalue weighted by atomic mass is 9.77. The summed E-state index contributed by atoms with van der Waals surface area (Å²) in [5.41, 5.74) is 6.88. The summed E-state index contributed by atoms with van der Waals surface area (Å²) in [6.45, 7) is 8.82. The average molecular weight is 279 g/mol. The number of halogens is 1. The smallest absolute Gasteiger partial charge is 0.125 e. The van der Waals surface area contributed by atoms with E-state index in [9.17, 15) is 4.39 Å². The zero-order chi connectivity index (χ0) is 14.9. The zero-order valence-corrected chi connectivity index (χ0v) is 12.9. The van der Waals surface area contributed by atoms with Crippen LogP contribution in [-0.4, -0.2) is 5.60 Å². The van der Waals surface area contributed by atoms with Crippen LogP contribution in [0.3, 0.4) is 0 Å². The van der Waals surface area contributed by atoms with Crippen molar-refractivity contribution in [3.05, 3.63) is 29.6 Å². The number of rotatable bonds is 4. The fourth-order valence-electron chi connectivity index (χ4n) is 3.51. The van der Waals surface area contributed by atoms with E-state index in [0.29, 0.717) is 11.8 Å². The average Bonchev–Trinajstić information content (AvgIpc) is 2.28. The van der Waals surface area contributed by atoms with Gasteiger partial charge in [0, 0.05) is 18.0 Å². The van der Waals surface area contributed by atoms with Gasteiger partial charge in [0.15, 0.2) is 0 Å². The molecule has 0 aromatic heterocycles. The number of hydrogen-bond acceptors (Lipinski definition) is 2. The molecule has 0 aliphatic carbocycles. The minimum Gasteiger partial charge on any atom is -0.487 e. The van der Waals surface area contributed by atoms with Crippen LogP contribution in [0.1, 0.15) is 58.6 Å². The number of nitrogens with two attached hydrogens (primary N) is 1. The standard InChI is InChI=1S/C17H26FNO/c1-11(2)8-17(9-12(3)4)10-15(19)14-7-13(18)5-6-16(14)20-17/h5-7,11-12,15H,8-10,19H2,1-4H3/t15-/m1/s1. The molecule has 1 aliphatic rings. The van der Waals surface area contributed by atoms with Crippen LogP contribution >= 0.6 is 0 Å². The van der Waals surface area contributed by atoms with Crippen LogP contribution in [0.2, 0.25) is 0 Å². The molecule has 1 atom stereocenters. The normalized spacial score (nSPS) is 20.9. The third-order valence-corrected chi connectivity index (χ3v) is 3.85. The molecule has 0 fully saturated rings. The van der Waals surface area contributed by atoms with Gasteiger partial charge in [0.05, 0.1) is 0 Å². The van der Waals surface area contributed by atoms with Gasteiger partial charge >= 0.3 is 0 Å². The number of hydrogen-bond donors (Lipinski definition) is 1. The van der Waals surface area contributed by atoms with Gasteiger partial charge < -0.3 is 10.5 Å². The van der Waals surface area contributed by atoms with Crippen molar-refractivity contribution < 1.29 is 9.13 Å². The highest BCUT2D eigenvalue weighted by Crippen LogP contribution is 2.44. The molecule has 0 unspecified atom stereocenters. The summed E-state index contributed by atoms with van der Waals surface area (Å²) in [6.07, 6.45) is 2.73. The minimum atomic E-state index is -0.247. The highest BCUT2D eigenvalue weighted by molar-refractivity contribution is 5.39. The van der Waals surface area contributed by atoms with Gasteiger partial charge in [-0.1, -0.05) is 27.7 Å². The van der Waals surface area contributed by atoms with Crippen molar-refractivity contribution in [2.75, 3.05) is 0 Å². The highest BCUT2D eigenvalue weighted by atomic mass is 19.1. The fourth-order valence-corrected chi connectivity index (χ4v) is 3.51. The molecule has 0 spiro atoms. The molecule has 0 bridgehead atoms. The quantitative estimate of drug-likeness (QED) is 0.884. The second-order valence-electron chi connectivity index (χ2n) is 6.97. The topological polar surface area (TPSA) is 35.2 Å². The second-order valence-corrected chi connectivity index (χ2v) is 6.97. The van der Waals surface area contributed by atoms with Crippen LogP contribution < -0.4 is 10.5 Å². The summed E-state index contributed by atoms with van der Waals surface area (Å²) in [5, 5.41) is 0. The molecule has 0 radical (unpaired) electrons. The predicted molar refractivity (Wildman–Crippen MR) is 80.2 cm³/mol. The Kier molecular flexibility index (Phi) is 4.38.